The number of aryl methyl sites for hydroxylation is 1. The van der Waals surface area contributed by atoms with Crippen LogP contribution in [-0.4, -0.2) is 24.4 Å². The number of aliphatic hydroxyl groups excluding tert-OH is 1. The lowest BCUT2D eigenvalue weighted by molar-refractivity contribution is 0.155. The fourth-order valence-corrected chi connectivity index (χ4v) is 1.92. The van der Waals surface area contributed by atoms with Crippen LogP contribution in [0, 0.1) is 6.92 Å². The first kappa shape index (κ1) is 15.9. The number of amides is 1. The van der Waals surface area contributed by atoms with E-state index in [9.17, 15) is 4.79 Å². The van der Waals surface area contributed by atoms with E-state index >= 15 is 0 Å². The fraction of sp³-hybridized carbons (Fsp3) is 0.235. The molecule has 0 radical (unpaired) electrons. The van der Waals surface area contributed by atoms with Gasteiger partial charge in [-0.2, -0.15) is 0 Å². The van der Waals surface area contributed by atoms with Crippen molar-refractivity contribution in [3.8, 4) is 5.75 Å². The molecule has 5 nitrogen and oxygen atoms in total. The van der Waals surface area contributed by atoms with Crippen LogP contribution in [0.4, 0.5) is 10.5 Å². The van der Waals surface area contributed by atoms with Crippen molar-refractivity contribution >= 4 is 11.8 Å². The molecule has 0 atom stereocenters. The zero-order valence-electron chi connectivity index (χ0n) is 12.4. The van der Waals surface area contributed by atoms with Gasteiger partial charge in [0.1, 0.15) is 19.0 Å². The quantitative estimate of drug-likeness (QED) is 0.860. The largest absolute Gasteiger partial charge is 0.491 e. The topological polar surface area (TPSA) is 67.8 Å². The Morgan fingerprint density at radius 3 is 2.64 bits per heavy atom. The molecule has 5 heteroatoms. The summed E-state index contributed by atoms with van der Waals surface area (Å²) in [5.41, 5.74) is 2.43. The maximum absolute atomic E-state index is 11.8. The van der Waals surface area contributed by atoms with Gasteiger partial charge in [-0.05, 0) is 36.2 Å². The highest BCUT2D eigenvalue weighted by Crippen LogP contribution is 2.22. The van der Waals surface area contributed by atoms with Crippen molar-refractivity contribution in [3.63, 3.8) is 0 Å². The van der Waals surface area contributed by atoms with E-state index in [1.807, 2.05) is 37.3 Å². The second-order valence-electron chi connectivity index (χ2n) is 4.74. The van der Waals surface area contributed by atoms with E-state index in [2.05, 4.69) is 5.32 Å². The van der Waals surface area contributed by atoms with Crippen LogP contribution in [0.1, 0.15) is 11.1 Å². The van der Waals surface area contributed by atoms with Crippen LogP contribution < -0.4 is 10.1 Å². The number of anilines is 1. The summed E-state index contributed by atoms with van der Waals surface area (Å²) in [4.78, 5) is 11.8. The third-order valence-corrected chi connectivity index (χ3v) is 2.98. The van der Waals surface area contributed by atoms with Crippen molar-refractivity contribution in [2.75, 3.05) is 18.5 Å². The Bertz CT molecular complexity index is 613. The molecule has 1 amide bonds. The van der Waals surface area contributed by atoms with Gasteiger partial charge in [0, 0.05) is 5.69 Å². The molecule has 0 aliphatic rings. The molecule has 0 aliphatic carbocycles. The van der Waals surface area contributed by atoms with Crippen LogP contribution in [0.2, 0.25) is 0 Å². The second-order valence-corrected chi connectivity index (χ2v) is 4.74. The summed E-state index contributed by atoms with van der Waals surface area (Å²) in [6.45, 7) is 2.30. The van der Waals surface area contributed by atoms with Gasteiger partial charge in [0.2, 0.25) is 0 Å². The van der Waals surface area contributed by atoms with Gasteiger partial charge >= 0.3 is 6.09 Å². The molecule has 2 rings (SSSR count). The number of rotatable bonds is 6. The molecule has 0 unspecified atom stereocenters. The van der Waals surface area contributed by atoms with Crippen molar-refractivity contribution in [1.29, 1.82) is 0 Å². The van der Waals surface area contributed by atoms with Crippen LogP contribution in [-0.2, 0) is 11.3 Å². The lowest BCUT2D eigenvalue weighted by Crippen LogP contribution is -2.13. The maximum atomic E-state index is 11.8. The SMILES string of the molecule is Cc1cc(NC(=O)OCc2ccccc2)ccc1OCCO. The number of carbonyl (C=O) groups excluding carboxylic acids is 1. The number of carbonyl (C=O) groups is 1. The van der Waals surface area contributed by atoms with Crippen LogP contribution in [0.3, 0.4) is 0 Å². The number of aliphatic hydroxyl groups is 1. The second kappa shape index (κ2) is 8.05. The monoisotopic (exact) mass is 301 g/mol. The van der Waals surface area contributed by atoms with Crippen molar-refractivity contribution < 1.29 is 19.4 Å². The molecule has 2 N–H and O–H groups in total. The molecule has 2 aromatic carbocycles. The minimum Gasteiger partial charge on any atom is -0.491 e. The summed E-state index contributed by atoms with van der Waals surface area (Å²) in [6, 6.07) is 14.7. The number of nitrogens with one attached hydrogen (secondary N) is 1. The third-order valence-electron chi connectivity index (χ3n) is 2.98. The third kappa shape index (κ3) is 4.79. The lowest BCUT2D eigenvalue weighted by Gasteiger charge is -2.11. The summed E-state index contributed by atoms with van der Waals surface area (Å²) in [7, 11) is 0. The van der Waals surface area contributed by atoms with Crippen LogP contribution >= 0.6 is 0 Å². The first-order chi connectivity index (χ1) is 10.7. The van der Waals surface area contributed by atoms with E-state index in [4.69, 9.17) is 14.6 Å². The number of hydrogen-bond acceptors (Lipinski definition) is 4. The Labute approximate surface area is 129 Å². The van der Waals surface area contributed by atoms with Crippen LogP contribution in [0.25, 0.3) is 0 Å². The average Bonchev–Trinajstić information content (AvgIpc) is 2.53. The van der Waals surface area contributed by atoms with Gasteiger partial charge in [0.05, 0.1) is 6.61 Å². The normalized spacial score (nSPS) is 10.1. The molecule has 22 heavy (non-hydrogen) atoms. The number of benzene rings is 2. The van der Waals surface area contributed by atoms with Crippen molar-refractivity contribution in [3.05, 3.63) is 59.7 Å². The molecule has 0 heterocycles. The predicted molar refractivity (Wildman–Crippen MR) is 84.0 cm³/mol. The van der Waals surface area contributed by atoms with Gasteiger partial charge in [-0.25, -0.2) is 4.79 Å². The van der Waals surface area contributed by atoms with Gasteiger partial charge in [0.25, 0.3) is 0 Å². The molecule has 0 bridgehead atoms. The standard InChI is InChI=1S/C17H19NO4/c1-13-11-15(7-8-16(13)21-10-9-19)18-17(20)22-12-14-5-3-2-4-6-14/h2-8,11,19H,9-10,12H2,1H3,(H,18,20). The molecule has 0 saturated heterocycles. The summed E-state index contributed by atoms with van der Waals surface area (Å²) >= 11 is 0. The van der Waals surface area contributed by atoms with Gasteiger partial charge in [0.15, 0.2) is 0 Å². The lowest BCUT2D eigenvalue weighted by atomic mass is 10.2. The fourth-order valence-electron chi connectivity index (χ4n) is 1.92. The Balaban J connectivity index is 1.87. The van der Waals surface area contributed by atoms with E-state index in [0.29, 0.717) is 11.4 Å². The predicted octanol–water partition coefficient (Wildman–Crippen LogP) is 3.11. The molecule has 0 fully saturated rings. The maximum Gasteiger partial charge on any atom is 0.411 e. The molecule has 116 valence electrons. The van der Waals surface area contributed by atoms with Crippen molar-refractivity contribution in [2.45, 2.75) is 13.5 Å². The van der Waals surface area contributed by atoms with Crippen molar-refractivity contribution in [2.24, 2.45) is 0 Å². The van der Waals surface area contributed by atoms with Crippen molar-refractivity contribution in [1.82, 2.24) is 0 Å². The molecular formula is C17H19NO4. The highest BCUT2D eigenvalue weighted by Gasteiger charge is 2.06. The van der Waals surface area contributed by atoms with Gasteiger partial charge in [-0.15, -0.1) is 0 Å². The molecule has 2 aromatic rings. The van der Waals surface area contributed by atoms with Gasteiger partial charge in [-0.3, -0.25) is 5.32 Å². The number of hydrogen-bond donors (Lipinski definition) is 2. The van der Waals surface area contributed by atoms with Crippen LogP contribution in [0.15, 0.2) is 48.5 Å². The molecule has 0 aliphatic heterocycles. The zero-order valence-corrected chi connectivity index (χ0v) is 12.4. The van der Waals surface area contributed by atoms with E-state index in [-0.39, 0.29) is 19.8 Å². The number of ether oxygens (including phenoxy) is 2. The van der Waals surface area contributed by atoms with Gasteiger partial charge < -0.3 is 14.6 Å². The first-order valence-corrected chi connectivity index (χ1v) is 7.01. The Morgan fingerprint density at radius 1 is 1.18 bits per heavy atom. The summed E-state index contributed by atoms with van der Waals surface area (Å²) in [5.74, 6) is 0.678. The Kier molecular flexibility index (Phi) is 5.80. The molecule has 0 saturated carbocycles. The summed E-state index contributed by atoms with van der Waals surface area (Å²) in [6.07, 6.45) is -0.507. The highest BCUT2D eigenvalue weighted by molar-refractivity contribution is 5.84. The smallest absolute Gasteiger partial charge is 0.411 e. The van der Waals surface area contributed by atoms with Gasteiger partial charge in [-0.1, -0.05) is 30.3 Å². The minimum absolute atomic E-state index is 0.0365. The Morgan fingerprint density at radius 2 is 1.95 bits per heavy atom. The Hall–Kier alpha value is -2.53. The van der Waals surface area contributed by atoms with E-state index in [0.717, 1.165) is 11.1 Å². The average molecular weight is 301 g/mol. The summed E-state index contributed by atoms with van der Waals surface area (Å²) in [5, 5.41) is 11.4. The first-order valence-electron chi connectivity index (χ1n) is 7.01. The highest BCUT2D eigenvalue weighted by atomic mass is 16.5. The molecule has 0 aromatic heterocycles. The minimum atomic E-state index is -0.507. The summed E-state index contributed by atoms with van der Waals surface area (Å²) < 4.78 is 10.5. The van der Waals surface area contributed by atoms with E-state index < -0.39 is 6.09 Å². The van der Waals surface area contributed by atoms with E-state index in [1.165, 1.54) is 0 Å². The molecular weight excluding hydrogens is 282 g/mol. The zero-order chi connectivity index (χ0) is 15.8. The van der Waals surface area contributed by atoms with Crippen LogP contribution in [0.5, 0.6) is 5.75 Å². The molecule has 0 spiro atoms. The van der Waals surface area contributed by atoms with E-state index in [1.54, 1.807) is 18.2 Å².